The normalized spacial score (nSPS) is 20.6. The molecule has 1 atom stereocenters. The van der Waals surface area contributed by atoms with E-state index in [1.54, 1.807) is 0 Å². The fourth-order valence-electron chi connectivity index (χ4n) is 8.79. The minimum absolute atomic E-state index is 0.0683. The molecule has 4 aromatic heterocycles. The maximum atomic E-state index is 6.14. The summed E-state index contributed by atoms with van der Waals surface area (Å²) in [5.74, 6) is 1.26. The monoisotopic (exact) mass is 728 g/mol. The van der Waals surface area contributed by atoms with Crippen LogP contribution in [0.3, 0.4) is 0 Å². The molecule has 7 aromatic rings. The van der Waals surface area contributed by atoms with Crippen molar-refractivity contribution in [3.8, 4) is 5.75 Å². The van der Waals surface area contributed by atoms with Crippen molar-refractivity contribution in [1.82, 2.24) is 19.5 Å². The van der Waals surface area contributed by atoms with E-state index in [0.717, 1.165) is 80.3 Å². The third kappa shape index (κ3) is 5.46. The van der Waals surface area contributed by atoms with Gasteiger partial charge in [0.05, 0.1) is 50.7 Å². The molecule has 3 aliphatic rings. The van der Waals surface area contributed by atoms with Gasteiger partial charge in [0.15, 0.2) is 0 Å². The highest BCUT2D eigenvalue weighted by atomic mass is 16.5. The first-order chi connectivity index (χ1) is 27.6. The highest BCUT2D eigenvalue weighted by Crippen LogP contribution is 2.51. The first-order valence-electron chi connectivity index (χ1n) is 19.2. The van der Waals surface area contributed by atoms with Crippen LogP contribution in [0.2, 0.25) is 0 Å². The third-order valence-electron chi connectivity index (χ3n) is 11.2. The first kappa shape index (κ1) is 33.6. The topological polar surface area (TPSA) is 59.3 Å². The van der Waals surface area contributed by atoms with Crippen LogP contribution >= 0.6 is 0 Å². The molecule has 272 valence electrons. The summed E-state index contributed by atoms with van der Waals surface area (Å²) in [5.41, 5.74) is 15.1. The van der Waals surface area contributed by atoms with Crippen molar-refractivity contribution in [3.63, 3.8) is 0 Å². The summed E-state index contributed by atoms with van der Waals surface area (Å²) in [6, 6.07) is 38.4. The average molecular weight is 729 g/mol. The Labute approximate surface area is 326 Å². The lowest BCUT2D eigenvalue weighted by atomic mass is 9.93. The van der Waals surface area contributed by atoms with Gasteiger partial charge in [-0.25, -0.2) is 0 Å². The summed E-state index contributed by atoms with van der Waals surface area (Å²) in [6.07, 6.45) is 16.7. The molecule has 56 heavy (non-hydrogen) atoms. The Balaban J connectivity index is 1.29. The van der Waals surface area contributed by atoms with Crippen molar-refractivity contribution in [2.45, 2.75) is 39.2 Å². The smallest absolute Gasteiger partial charge is 0.149 e. The molecular formula is C49H40N6O. The molecule has 7 nitrogen and oxygen atoms in total. The van der Waals surface area contributed by atoms with Gasteiger partial charge < -0.3 is 19.1 Å². The van der Waals surface area contributed by atoms with Gasteiger partial charge in [-0.05, 0) is 111 Å². The number of benzene rings is 3. The first-order valence-corrected chi connectivity index (χ1v) is 19.2. The maximum Gasteiger partial charge on any atom is 0.149 e. The molecule has 0 bridgehead atoms. The van der Waals surface area contributed by atoms with Crippen LogP contribution in [0.4, 0.5) is 22.7 Å². The van der Waals surface area contributed by atoms with E-state index in [2.05, 4.69) is 149 Å². The van der Waals surface area contributed by atoms with Crippen molar-refractivity contribution in [1.29, 1.82) is 0 Å². The number of anilines is 4. The van der Waals surface area contributed by atoms with E-state index in [1.807, 2.05) is 42.9 Å². The molecule has 0 saturated heterocycles. The fourth-order valence-corrected chi connectivity index (χ4v) is 8.79. The Morgan fingerprint density at radius 3 is 2.30 bits per heavy atom. The highest BCUT2D eigenvalue weighted by molar-refractivity contribution is 6.17. The minimum atomic E-state index is 0.0683. The number of fused-ring (bicyclic) bond motifs is 9. The van der Waals surface area contributed by atoms with E-state index in [-0.39, 0.29) is 6.04 Å². The lowest BCUT2D eigenvalue weighted by Gasteiger charge is -2.34. The second-order valence-corrected chi connectivity index (χ2v) is 14.5. The van der Waals surface area contributed by atoms with Crippen LogP contribution in [0, 0.1) is 0 Å². The average Bonchev–Trinajstić information content (AvgIpc) is 3.77. The van der Waals surface area contributed by atoms with E-state index in [4.69, 9.17) is 14.7 Å². The van der Waals surface area contributed by atoms with Crippen LogP contribution in [0.25, 0.3) is 38.8 Å². The van der Waals surface area contributed by atoms with Crippen molar-refractivity contribution in [2.75, 3.05) is 9.80 Å². The third-order valence-corrected chi connectivity index (χ3v) is 11.2. The zero-order chi connectivity index (χ0) is 37.8. The predicted molar refractivity (Wildman–Crippen MR) is 229 cm³/mol. The number of ether oxygens (including phenoxy) is 1. The van der Waals surface area contributed by atoms with Crippen LogP contribution in [0.5, 0.6) is 5.75 Å². The van der Waals surface area contributed by atoms with Gasteiger partial charge in [0, 0.05) is 58.9 Å². The van der Waals surface area contributed by atoms with E-state index in [9.17, 15) is 0 Å². The Kier molecular flexibility index (Phi) is 8.21. The molecule has 7 heteroatoms. The second-order valence-electron chi connectivity index (χ2n) is 14.5. The molecule has 0 fully saturated rings. The zero-order valence-electron chi connectivity index (χ0n) is 31.4. The standard InChI is InChI=1S/C49H40N6O/c1-32-14-10-19-40-45(47-42(20-11-30-51-47)54(40)36-17-8-5-9-18-36)34(3)53(35-15-6-4-7-16-35)49-38(32)26-28-41-46(49)48-43(21-12-31-52-48)55(41)37-24-23-33(2)56-44-22-13-29-50-39(44)27-25-37/h4-9,11-18,20-26,28-31,40H,2,10,19,27H2,1,3H3/b24-23-,32-14+,37-25+,45-34-. The lowest BCUT2D eigenvalue weighted by Crippen LogP contribution is -2.29. The Hall–Kier alpha value is -6.99. The molecular weight excluding hydrogens is 689 g/mol. The van der Waals surface area contributed by atoms with Gasteiger partial charge in [0.2, 0.25) is 0 Å². The van der Waals surface area contributed by atoms with Gasteiger partial charge in [0.1, 0.15) is 11.5 Å². The van der Waals surface area contributed by atoms with Gasteiger partial charge >= 0.3 is 0 Å². The number of rotatable bonds is 3. The highest BCUT2D eigenvalue weighted by Gasteiger charge is 2.39. The molecule has 1 unspecified atom stereocenters. The summed E-state index contributed by atoms with van der Waals surface area (Å²) in [4.78, 5) is 19.9. The van der Waals surface area contributed by atoms with Crippen molar-refractivity contribution in [3.05, 3.63) is 187 Å². The van der Waals surface area contributed by atoms with E-state index < -0.39 is 0 Å². The number of para-hydroxylation sites is 2. The molecule has 3 aromatic carbocycles. The molecule has 0 N–H and O–H groups in total. The number of hydrogen-bond acceptors (Lipinski definition) is 6. The summed E-state index contributed by atoms with van der Waals surface area (Å²) < 4.78 is 8.46. The maximum absolute atomic E-state index is 6.14. The molecule has 0 amide bonds. The summed E-state index contributed by atoms with van der Waals surface area (Å²) in [5, 5.41) is 1.08. The second kappa shape index (κ2) is 13.7. The van der Waals surface area contributed by atoms with Crippen LogP contribution < -0.4 is 14.5 Å². The van der Waals surface area contributed by atoms with E-state index in [0.29, 0.717) is 17.9 Å². The lowest BCUT2D eigenvalue weighted by molar-refractivity contribution is 0.440. The number of pyridine rings is 3. The van der Waals surface area contributed by atoms with Crippen LogP contribution in [0.1, 0.15) is 43.6 Å². The summed E-state index contributed by atoms with van der Waals surface area (Å²) in [6.45, 7) is 8.73. The van der Waals surface area contributed by atoms with Crippen LogP contribution in [-0.4, -0.2) is 25.6 Å². The molecule has 0 spiro atoms. The van der Waals surface area contributed by atoms with Crippen molar-refractivity contribution < 1.29 is 4.74 Å². The Bertz CT molecular complexity index is 2810. The Morgan fingerprint density at radius 1 is 0.714 bits per heavy atom. The van der Waals surface area contributed by atoms with Gasteiger partial charge in [-0.15, -0.1) is 0 Å². The Morgan fingerprint density at radius 2 is 1.46 bits per heavy atom. The number of aromatic nitrogens is 4. The number of hydrogen-bond donors (Lipinski definition) is 0. The van der Waals surface area contributed by atoms with Gasteiger partial charge in [-0.2, -0.15) is 0 Å². The molecule has 10 rings (SSSR count). The SMILES string of the molecule is C=C1/C=C\C(n2c3cccnc3c3c4c(ccc32)/C(C)=C/CCC2/C(=C(\C)N4c3ccccc3)c3ncccc3N2c2ccccc2)=C/Cc2ncccc2O1. The van der Waals surface area contributed by atoms with E-state index in [1.165, 1.54) is 16.7 Å². The number of allylic oxidation sites excluding steroid dienone is 7. The minimum Gasteiger partial charge on any atom is -0.456 e. The summed E-state index contributed by atoms with van der Waals surface area (Å²) in [7, 11) is 0. The van der Waals surface area contributed by atoms with Crippen LogP contribution in [-0.2, 0) is 6.42 Å². The quantitative estimate of drug-likeness (QED) is 0.181. The number of nitrogens with zero attached hydrogens (tertiary/aromatic N) is 6. The summed E-state index contributed by atoms with van der Waals surface area (Å²) >= 11 is 0. The van der Waals surface area contributed by atoms with Gasteiger partial charge in [0.25, 0.3) is 0 Å². The van der Waals surface area contributed by atoms with Gasteiger partial charge in [-0.1, -0.05) is 61.2 Å². The zero-order valence-corrected chi connectivity index (χ0v) is 31.4. The van der Waals surface area contributed by atoms with Crippen molar-refractivity contribution >= 4 is 61.5 Å². The van der Waals surface area contributed by atoms with Crippen molar-refractivity contribution in [2.24, 2.45) is 0 Å². The van der Waals surface area contributed by atoms with E-state index >= 15 is 0 Å². The van der Waals surface area contributed by atoms with Crippen LogP contribution in [0.15, 0.2) is 170 Å². The molecule has 7 heterocycles. The van der Waals surface area contributed by atoms with Gasteiger partial charge in [-0.3, -0.25) is 15.0 Å². The fraction of sp³-hybridized carbons (Fsp3) is 0.122. The predicted octanol–water partition coefficient (Wildman–Crippen LogP) is 11.8. The molecule has 0 radical (unpaired) electrons. The largest absolute Gasteiger partial charge is 0.456 e. The molecule has 0 aliphatic carbocycles. The molecule has 3 aliphatic heterocycles. The molecule has 0 saturated carbocycles.